The number of halogens is 1. The molecule has 156 valence electrons. The molecule has 0 aliphatic carbocycles. The van der Waals surface area contributed by atoms with Gasteiger partial charge in [-0.1, -0.05) is 17.7 Å². The molecule has 0 radical (unpaired) electrons. The number of aromatic amines is 1. The van der Waals surface area contributed by atoms with E-state index >= 15 is 0 Å². The van der Waals surface area contributed by atoms with Gasteiger partial charge in [0.2, 0.25) is 0 Å². The zero-order chi connectivity index (χ0) is 22.0. The molecule has 1 amide bonds. The highest BCUT2D eigenvalue weighted by molar-refractivity contribution is 6.32. The molecule has 4 rings (SSSR count). The van der Waals surface area contributed by atoms with E-state index in [1.165, 1.54) is 0 Å². The summed E-state index contributed by atoms with van der Waals surface area (Å²) in [5.74, 6) is 0.325. The molecule has 0 bridgehead atoms. The van der Waals surface area contributed by atoms with Gasteiger partial charge in [-0.3, -0.25) is 14.6 Å². The fraction of sp³-hybridized carbons (Fsp3) is 0.182. The Hall–Kier alpha value is -3.83. The van der Waals surface area contributed by atoms with Gasteiger partial charge in [0.25, 0.3) is 5.91 Å². The van der Waals surface area contributed by atoms with Gasteiger partial charge in [-0.25, -0.2) is 0 Å². The number of carbonyl (C=O) groups is 1. The van der Waals surface area contributed by atoms with Crippen LogP contribution in [-0.2, 0) is 6.54 Å². The standard InChI is InChI=1S/C22H19ClN6O2/c1-13(25-22(30)19-10-18(26-27-19)20-4-3-9-31-20)12-29-8-7-17(28-29)16-6-5-15(11-24)21(23)14(16)2/h3-10,13H,12H2,1-2H3,(H,25,30)(H,26,27)/t13-/m0/s1. The molecular formula is C22H19ClN6O2. The summed E-state index contributed by atoms with van der Waals surface area (Å²) in [7, 11) is 0. The van der Waals surface area contributed by atoms with Crippen LogP contribution in [0.1, 0.15) is 28.5 Å². The zero-order valence-corrected chi connectivity index (χ0v) is 17.6. The average Bonchev–Trinajstić information content (AvgIpc) is 3.51. The van der Waals surface area contributed by atoms with Crippen LogP contribution in [0, 0.1) is 18.3 Å². The third-order valence-electron chi connectivity index (χ3n) is 4.86. The first-order valence-electron chi connectivity index (χ1n) is 9.59. The molecule has 3 aromatic heterocycles. The fourth-order valence-corrected chi connectivity index (χ4v) is 3.48. The molecule has 9 heteroatoms. The number of carbonyl (C=O) groups excluding carboxylic acids is 1. The topological polar surface area (TPSA) is 113 Å². The first kappa shape index (κ1) is 20.4. The molecule has 0 aliphatic heterocycles. The molecule has 1 atom stereocenters. The van der Waals surface area contributed by atoms with Gasteiger partial charge in [0, 0.05) is 23.9 Å². The molecule has 1 aromatic carbocycles. The summed E-state index contributed by atoms with van der Waals surface area (Å²) in [5, 5.41) is 23.9. The van der Waals surface area contributed by atoms with E-state index in [0.717, 1.165) is 16.8 Å². The maximum absolute atomic E-state index is 12.5. The number of hydrogen-bond donors (Lipinski definition) is 2. The van der Waals surface area contributed by atoms with Crippen molar-refractivity contribution in [1.29, 1.82) is 5.26 Å². The Balaban J connectivity index is 1.42. The van der Waals surface area contributed by atoms with Crippen LogP contribution in [0.2, 0.25) is 5.02 Å². The van der Waals surface area contributed by atoms with Gasteiger partial charge in [-0.05, 0) is 43.7 Å². The Morgan fingerprint density at radius 3 is 2.97 bits per heavy atom. The van der Waals surface area contributed by atoms with Crippen molar-refractivity contribution >= 4 is 17.5 Å². The van der Waals surface area contributed by atoms with E-state index in [1.807, 2.05) is 32.2 Å². The van der Waals surface area contributed by atoms with Crippen molar-refractivity contribution in [3.8, 4) is 28.8 Å². The molecule has 4 aromatic rings. The number of furan rings is 1. The van der Waals surface area contributed by atoms with E-state index in [2.05, 4.69) is 26.7 Å². The van der Waals surface area contributed by atoms with Crippen molar-refractivity contribution in [2.75, 3.05) is 0 Å². The first-order chi connectivity index (χ1) is 15.0. The average molecular weight is 435 g/mol. The summed E-state index contributed by atoms with van der Waals surface area (Å²) >= 11 is 6.27. The van der Waals surface area contributed by atoms with E-state index in [4.69, 9.17) is 21.3 Å². The van der Waals surface area contributed by atoms with Gasteiger partial charge in [0.15, 0.2) is 11.5 Å². The normalized spacial score (nSPS) is 11.8. The van der Waals surface area contributed by atoms with Crippen molar-refractivity contribution in [3.05, 3.63) is 70.7 Å². The van der Waals surface area contributed by atoms with Crippen LogP contribution < -0.4 is 5.32 Å². The van der Waals surface area contributed by atoms with E-state index in [9.17, 15) is 4.79 Å². The van der Waals surface area contributed by atoms with E-state index < -0.39 is 0 Å². The highest BCUT2D eigenvalue weighted by Gasteiger charge is 2.16. The monoisotopic (exact) mass is 434 g/mol. The number of aromatic nitrogens is 4. The van der Waals surface area contributed by atoms with E-state index in [0.29, 0.717) is 28.6 Å². The molecule has 31 heavy (non-hydrogen) atoms. The Morgan fingerprint density at radius 1 is 1.39 bits per heavy atom. The fourth-order valence-electron chi connectivity index (χ4n) is 3.28. The van der Waals surface area contributed by atoms with Crippen molar-refractivity contribution < 1.29 is 9.21 Å². The Labute approximate surface area is 183 Å². The summed E-state index contributed by atoms with van der Waals surface area (Å²) in [6, 6.07) is 12.5. The predicted molar refractivity (Wildman–Crippen MR) is 115 cm³/mol. The van der Waals surface area contributed by atoms with Gasteiger partial charge >= 0.3 is 0 Å². The molecule has 8 nitrogen and oxygen atoms in total. The SMILES string of the molecule is Cc1c(-c2ccn(C[C@H](C)NC(=O)c3cc(-c4ccco4)[nH]n3)n2)ccc(C#N)c1Cl. The molecule has 0 fully saturated rings. The van der Waals surface area contributed by atoms with Crippen LogP contribution in [-0.4, -0.2) is 31.9 Å². The number of H-pyrrole nitrogens is 1. The van der Waals surface area contributed by atoms with Crippen molar-refractivity contribution in [3.63, 3.8) is 0 Å². The van der Waals surface area contributed by atoms with Crippen LogP contribution in [0.15, 0.2) is 53.3 Å². The summed E-state index contributed by atoms with van der Waals surface area (Å²) in [5.41, 5.74) is 3.77. The summed E-state index contributed by atoms with van der Waals surface area (Å²) in [4.78, 5) is 12.5. The highest BCUT2D eigenvalue weighted by atomic mass is 35.5. The highest BCUT2D eigenvalue weighted by Crippen LogP contribution is 2.30. The first-order valence-corrected chi connectivity index (χ1v) is 9.97. The third kappa shape index (κ3) is 4.22. The molecule has 3 heterocycles. The molecule has 0 spiro atoms. The quantitative estimate of drug-likeness (QED) is 0.472. The summed E-state index contributed by atoms with van der Waals surface area (Å²) in [6.45, 7) is 4.23. The Bertz CT molecular complexity index is 1270. The maximum Gasteiger partial charge on any atom is 0.272 e. The second-order valence-electron chi connectivity index (χ2n) is 7.15. The smallest absolute Gasteiger partial charge is 0.272 e. The predicted octanol–water partition coefficient (Wildman–Crippen LogP) is 4.19. The second kappa shape index (κ2) is 8.50. The molecule has 0 saturated carbocycles. The zero-order valence-electron chi connectivity index (χ0n) is 16.9. The van der Waals surface area contributed by atoms with Crippen molar-refractivity contribution in [2.45, 2.75) is 26.4 Å². The number of benzene rings is 1. The van der Waals surface area contributed by atoms with Gasteiger partial charge < -0.3 is 9.73 Å². The lowest BCUT2D eigenvalue weighted by molar-refractivity contribution is 0.0931. The number of nitrogens with one attached hydrogen (secondary N) is 2. The van der Waals surface area contributed by atoms with Crippen LogP contribution in [0.3, 0.4) is 0 Å². The number of amides is 1. The number of hydrogen-bond acceptors (Lipinski definition) is 5. The summed E-state index contributed by atoms with van der Waals surface area (Å²) in [6.07, 6.45) is 3.40. The lowest BCUT2D eigenvalue weighted by Gasteiger charge is -2.13. The molecule has 0 aliphatic rings. The minimum Gasteiger partial charge on any atom is -0.463 e. The molecule has 0 saturated heterocycles. The largest absolute Gasteiger partial charge is 0.463 e. The van der Waals surface area contributed by atoms with Gasteiger partial charge in [0.05, 0.1) is 29.1 Å². The summed E-state index contributed by atoms with van der Waals surface area (Å²) < 4.78 is 7.06. The van der Waals surface area contributed by atoms with Gasteiger partial charge in [-0.15, -0.1) is 0 Å². The van der Waals surface area contributed by atoms with Crippen LogP contribution in [0.5, 0.6) is 0 Å². The van der Waals surface area contributed by atoms with Crippen LogP contribution in [0.4, 0.5) is 0 Å². The van der Waals surface area contributed by atoms with Gasteiger partial charge in [-0.2, -0.15) is 15.5 Å². The number of nitrogens with zero attached hydrogens (tertiary/aromatic N) is 4. The third-order valence-corrected chi connectivity index (χ3v) is 5.35. The van der Waals surface area contributed by atoms with Crippen molar-refractivity contribution in [2.24, 2.45) is 0 Å². The number of nitriles is 1. The van der Waals surface area contributed by atoms with Gasteiger partial charge in [0.1, 0.15) is 11.8 Å². The lowest BCUT2D eigenvalue weighted by atomic mass is 10.0. The second-order valence-corrected chi connectivity index (χ2v) is 7.53. The lowest BCUT2D eigenvalue weighted by Crippen LogP contribution is -2.36. The minimum atomic E-state index is -0.288. The van der Waals surface area contributed by atoms with E-state index in [1.54, 1.807) is 35.2 Å². The van der Waals surface area contributed by atoms with Crippen LogP contribution in [0.25, 0.3) is 22.7 Å². The maximum atomic E-state index is 12.5. The van der Waals surface area contributed by atoms with Crippen molar-refractivity contribution in [1.82, 2.24) is 25.3 Å². The molecular weight excluding hydrogens is 416 g/mol. The Kier molecular flexibility index (Phi) is 5.60. The van der Waals surface area contributed by atoms with E-state index in [-0.39, 0.29) is 17.6 Å². The minimum absolute atomic E-state index is 0.185. The number of rotatable bonds is 6. The Morgan fingerprint density at radius 2 is 2.23 bits per heavy atom. The van der Waals surface area contributed by atoms with Crippen LogP contribution >= 0.6 is 11.6 Å². The molecule has 0 unspecified atom stereocenters. The molecule has 2 N–H and O–H groups in total.